The van der Waals surface area contributed by atoms with E-state index < -0.39 is 5.97 Å². The van der Waals surface area contributed by atoms with Crippen molar-refractivity contribution in [2.45, 2.75) is 19.3 Å². The Balaban J connectivity index is 1.61. The molecule has 0 saturated heterocycles. The minimum absolute atomic E-state index is 0.183. The van der Waals surface area contributed by atoms with Crippen molar-refractivity contribution in [3.05, 3.63) is 47.8 Å². The Hall–Kier alpha value is -3.16. The van der Waals surface area contributed by atoms with Gasteiger partial charge in [-0.15, -0.1) is 4.73 Å². The van der Waals surface area contributed by atoms with Crippen molar-refractivity contribution in [1.29, 1.82) is 0 Å². The van der Waals surface area contributed by atoms with Crippen LogP contribution < -0.4 is 15.7 Å². The highest BCUT2D eigenvalue weighted by atomic mass is 16.7. The van der Waals surface area contributed by atoms with Crippen LogP contribution in [0.15, 0.2) is 42.2 Å². The second kappa shape index (κ2) is 6.30. The Bertz CT molecular complexity index is 717. The first-order valence-corrected chi connectivity index (χ1v) is 7.13. The smallest absolute Gasteiger partial charge is 0.365 e. The van der Waals surface area contributed by atoms with E-state index in [1.165, 1.54) is 24.4 Å². The Morgan fingerprint density at radius 1 is 1.17 bits per heavy atom. The van der Waals surface area contributed by atoms with Gasteiger partial charge in [0.25, 0.3) is 0 Å². The fraction of sp³-hybridized carbons (Fsp3) is 0.200. The van der Waals surface area contributed by atoms with E-state index in [-0.39, 0.29) is 17.3 Å². The van der Waals surface area contributed by atoms with Crippen molar-refractivity contribution in [3.63, 3.8) is 0 Å². The van der Waals surface area contributed by atoms with E-state index in [0.717, 1.165) is 25.0 Å². The van der Waals surface area contributed by atoms with Crippen molar-refractivity contribution < 1.29 is 19.8 Å². The third kappa shape index (κ3) is 3.37. The number of carbonyl (C=O) groups excluding carboxylic acids is 1. The van der Waals surface area contributed by atoms with Crippen molar-refractivity contribution in [1.82, 2.24) is 15.1 Å². The van der Waals surface area contributed by atoms with Crippen molar-refractivity contribution in [3.8, 4) is 11.8 Å². The maximum Gasteiger partial charge on any atom is 0.365 e. The second-order valence-corrected chi connectivity index (χ2v) is 5.03. The highest BCUT2D eigenvalue weighted by molar-refractivity contribution is 5.89. The lowest BCUT2D eigenvalue weighted by molar-refractivity contribution is 0.0381. The largest absolute Gasteiger partial charge is 0.492 e. The molecule has 4 N–H and O–H groups in total. The summed E-state index contributed by atoms with van der Waals surface area (Å²) >= 11 is 0. The zero-order valence-corrected chi connectivity index (χ0v) is 12.2. The first-order chi connectivity index (χ1) is 11.1. The van der Waals surface area contributed by atoms with Crippen molar-refractivity contribution in [2.75, 3.05) is 5.43 Å². The molecule has 8 heteroatoms. The van der Waals surface area contributed by atoms with Crippen LogP contribution in [0.2, 0.25) is 0 Å². The molecule has 2 aromatic heterocycles. The van der Waals surface area contributed by atoms with E-state index in [9.17, 15) is 15.0 Å². The Morgan fingerprint density at radius 2 is 1.96 bits per heavy atom. The average Bonchev–Trinajstić information content (AvgIpc) is 3.18. The predicted molar refractivity (Wildman–Crippen MR) is 81.6 cm³/mol. The monoisotopic (exact) mass is 316 g/mol. The zero-order valence-electron chi connectivity index (χ0n) is 12.2. The van der Waals surface area contributed by atoms with E-state index in [1.807, 2.05) is 0 Å². The molecule has 23 heavy (non-hydrogen) atoms. The van der Waals surface area contributed by atoms with Gasteiger partial charge in [0.1, 0.15) is 5.82 Å². The summed E-state index contributed by atoms with van der Waals surface area (Å²) in [6.07, 6.45) is 6.67. The van der Waals surface area contributed by atoms with Crippen LogP contribution in [0.5, 0.6) is 11.8 Å². The lowest BCUT2D eigenvalue weighted by atomic mass is 10.3. The number of allylic oxidation sites excluding steroid dienone is 2. The van der Waals surface area contributed by atoms with Crippen LogP contribution >= 0.6 is 0 Å². The van der Waals surface area contributed by atoms with Gasteiger partial charge in [0.2, 0.25) is 11.8 Å². The van der Waals surface area contributed by atoms with Crippen LogP contribution in [0, 0.1) is 0 Å². The minimum Gasteiger partial charge on any atom is -0.492 e. The van der Waals surface area contributed by atoms with E-state index >= 15 is 0 Å². The minimum atomic E-state index is -0.752. The molecular weight excluding hydrogens is 300 g/mol. The fourth-order valence-electron chi connectivity index (χ4n) is 2.15. The molecule has 2 heterocycles. The molecule has 0 amide bonds. The van der Waals surface area contributed by atoms with Crippen molar-refractivity contribution in [2.24, 2.45) is 0 Å². The average molecular weight is 316 g/mol. The number of hydrazine groups is 1. The molecule has 0 radical (unpaired) electrons. The highest BCUT2D eigenvalue weighted by Crippen LogP contribution is 2.19. The number of rotatable bonds is 5. The molecule has 0 bridgehead atoms. The number of aromatic nitrogens is 2. The molecule has 0 fully saturated rings. The molecule has 0 atom stereocenters. The predicted octanol–water partition coefficient (Wildman–Crippen LogP) is 1.55. The summed E-state index contributed by atoms with van der Waals surface area (Å²) < 4.78 is 0.628. The molecule has 0 spiro atoms. The summed E-state index contributed by atoms with van der Waals surface area (Å²) in [7, 11) is 0. The molecule has 120 valence electrons. The van der Waals surface area contributed by atoms with Crippen LogP contribution in [0.1, 0.15) is 29.6 Å². The van der Waals surface area contributed by atoms with Gasteiger partial charge in [-0.25, -0.2) is 9.78 Å². The lowest BCUT2D eigenvalue weighted by Crippen LogP contribution is -2.21. The molecule has 0 unspecified atom stereocenters. The van der Waals surface area contributed by atoms with Crippen LogP contribution in [0.3, 0.4) is 0 Å². The number of aromatic hydroxyl groups is 2. The Kier molecular flexibility index (Phi) is 4.05. The molecule has 0 aromatic carbocycles. The SMILES string of the molecule is O=C(On1c(O)ccc1O)c1ccc(NNC2=CCCC2)nc1. The van der Waals surface area contributed by atoms with E-state index in [0.29, 0.717) is 10.5 Å². The van der Waals surface area contributed by atoms with Crippen LogP contribution in [-0.2, 0) is 0 Å². The molecule has 0 aliphatic heterocycles. The normalized spacial score (nSPS) is 13.5. The maximum atomic E-state index is 11.9. The Labute approximate surface area is 132 Å². The zero-order chi connectivity index (χ0) is 16.2. The number of carbonyl (C=O) groups is 1. The van der Waals surface area contributed by atoms with Gasteiger partial charge in [-0.3, -0.25) is 5.43 Å². The molecule has 0 saturated carbocycles. The summed E-state index contributed by atoms with van der Waals surface area (Å²) in [5.74, 6) is -0.953. The van der Waals surface area contributed by atoms with E-state index in [1.54, 1.807) is 6.07 Å². The topological polar surface area (TPSA) is 109 Å². The molecule has 1 aliphatic rings. The van der Waals surface area contributed by atoms with Crippen LogP contribution in [0.4, 0.5) is 5.82 Å². The van der Waals surface area contributed by atoms with E-state index in [2.05, 4.69) is 21.9 Å². The second-order valence-electron chi connectivity index (χ2n) is 5.03. The maximum absolute atomic E-state index is 11.9. The van der Waals surface area contributed by atoms with Crippen LogP contribution in [-0.4, -0.2) is 25.9 Å². The number of pyridine rings is 1. The first kappa shape index (κ1) is 14.8. The molecule has 2 aromatic rings. The standard InChI is InChI=1S/C15H16N4O4/c20-13-7-8-14(21)19(13)23-15(22)10-5-6-12(16-9-10)18-17-11-3-1-2-4-11/h3,5-9,17,20-21H,1-2,4H2,(H,16,18). The number of nitrogens with one attached hydrogen (secondary N) is 2. The van der Waals surface area contributed by atoms with Gasteiger partial charge in [-0.2, -0.15) is 0 Å². The number of nitrogens with zero attached hydrogens (tertiary/aromatic N) is 2. The molecule has 3 rings (SSSR count). The summed E-state index contributed by atoms with van der Waals surface area (Å²) in [5, 5.41) is 18.9. The summed E-state index contributed by atoms with van der Waals surface area (Å²) in [4.78, 5) is 20.9. The Morgan fingerprint density at radius 3 is 2.57 bits per heavy atom. The summed E-state index contributed by atoms with van der Waals surface area (Å²) in [5.41, 5.74) is 7.31. The number of hydrogen-bond donors (Lipinski definition) is 4. The van der Waals surface area contributed by atoms with Gasteiger partial charge in [0, 0.05) is 24.0 Å². The molecule has 8 nitrogen and oxygen atoms in total. The van der Waals surface area contributed by atoms with E-state index in [4.69, 9.17) is 4.84 Å². The van der Waals surface area contributed by atoms with Gasteiger partial charge in [0.05, 0.1) is 5.56 Å². The summed E-state index contributed by atoms with van der Waals surface area (Å²) in [6, 6.07) is 5.56. The van der Waals surface area contributed by atoms with Gasteiger partial charge in [-0.05, 0) is 31.4 Å². The molecular formula is C15H16N4O4. The third-order valence-electron chi connectivity index (χ3n) is 3.36. The van der Waals surface area contributed by atoms with Gasteiger partial charge < -0.3 is 20.5 Å². The number of hydrogen-bond acceptors (Lipinski definition) is 7. The highest BCUT2D eigenvalue weighted by Gasteiger charge is 2.14. The van der Waals surface area contributed by atoms with Crippen molar-refractivity contribution >= 4 is 11.8 Å². The van der Waals surface area contributed by atoms with Gasteiger partial charge in [-0.1, -0.05) is 6.08 Å². The summed E-state index contributed by atoms with van der Waals surface area (Å²) in [6.45, 7) is 0. The number of anilines is 1. The van der Waals surface area contributed by atoms with Gasteiger partial charge >= 0.3 is 5.97 Å². The third-order valence-corrected chi connectivity index (χ3v) is 3.36. The first-order valence-electron chi connectivity index (χ1n) is 7.13. The van der Waals surface area contributed by atoms with Gasteiger partial charge in [0.15, 0.2) is 0 Å². The lowest BCUT2D eigenvalue weighted by Gasteiger charge is -2.10. The molecule has 1 aliphatic carbocycles. The van der Waals surface area contributed by atoms with Crippen LogP contribution in [0.25, 0.3) is 0 Å². The fourth-order valence-corrected chi connectivity index (χ4v) is 2.15. The quantitative estimate of drug-likeness (QED) is 0.620.